The average molecular weight is 449 g/mol. The predicted molar refractivity (Wildman–Crippen MR) is 126 cm³/mol. The number of allylic oxidation sites excluding steroid dienone is 1. The molecule has 6 nitrogen and oxygen atoms in total. The highest BCUT2D eigenvalue weighted by Gasteiger charge is 2.24. The summed E-state index contributed by atoms with van der Waals surface area (Å²) >= 11 is 0. The fourth-order valence-corrected chi connectivity index (χ4v) is 4.02. The van der Waals surface area contributed by atoms with Gasteiger partial charge in [0.05, 0.1) is 41.8 Å². The third-order valence-electron chi connectivity index (χ3n) is 5.74. The highest BCUT2D eigenvalue weighted by atomic mass is 19.1. The highest BCUT2D eigenvalue weighted by molar-refractivity contribution is 6.00. The molecule has 0 unspecified atom stereocenters. The number of aliphatic imine (C=N–C) groups is 1. The largest absolute Gasteiger partial charge is 0.359 e. The van der Waals surface area contributed by atoms with Crippen molar-refractivity contribution < 1.29 is 8.78 Å². The number of aromatic nitrogens is 2. The number of hydrogen-bond acceptors (Lipinski definition) is 6. The minimum absolute atomic E-state index is 0.155. The molecular weight excluding hydrogens is 422 g/mol. The molecule has 1 aromatic carbocycles. The van der Waals surface area contributed by atoms with Gasteiger partial charge in [-0.05, 0) is 37.0 Å². The van der Waals surface area contributed by atoms with E-state index in [9.17, 15) is 8.78 Å². The summed E-state index contributed by atoms with van der Waals surface area (Å²) in [5, 5.41) is 6.03. The van der Waals surface area contributed by atoms with E-state index in [1.165, 1.54) is 30.0 Å². The molecule has 1 aromatic heterocycles. The zero-order valence-corrected chi connectivity index (χ0v) is 19.2. The van der Waals surface area contributed by atoms with Crippen LogP contribution < -0.4 is 0 Å². The third kappa shape index (κ3) is 4.91. The summed E-state index contributed by atoms with van der Waals surface area (Å²) in [5.74, 6) is -0.638. The van der Waals surface area contributed by atoms with E-state index in [4.69, 9.17) is 0 Å². The van der Waals surface area contributed by atoms with E-state index >= 15 is 0 Å². The Hall–Kier alpha value is -3.64. The van der Waals surface area contributed by atoms with Crippen LogP contribution in [0.5, 0.6) is 0 Å². The summed E-state index contributed by atoms with van der Waals surface area (Å²) in [4.78, 5) is 15.5. The summed E-state index contributed by atoms with van der Waals surface area (Å²) in [5.41, 5.74) is 7.49. The van der Waals surface area contributed by atoms with Gasteiger partial charge in [0.2, 0.25) is 0 Å². The second-order valence-corrected chi connectivity index (χ2v) is 8.36. The van der Waals surface area contributed by atoms with Crippen molar-refractivity contribution in [2.45, 2.75) is 27.2 Å². The molecule has 170 valence electrons. The van der Waals surface area contributed by atoms with Gasteiger partial charge in [-0.2, -0.15) is 5.10 Å². The second kappa shape index (κ2) is 9.46. The smallest absolute Gasteiger partial charge is 0.170 e. The van der Waals surface area contributed by atoms with Crippen molar-refractivity contribution in [3.05, 3.63) is 76.7 Å². The van der Waals surface area contributed by atoms with Gasteiger partial charge >= 0.3 is 0 Å². The van der Waals surface area contributed by atoms with Crippen LogP contribution in [0.2, 0.25) is 0 Å². The lowest BCUT2D eigenvalue weighted by molar-refractivity contribution is 0.379. The molecule has 0 spiro atoms. The van der Waals surface area contributed by atoms with Gasteiger partial charge in [0.15, 0.2) is 5.82 Å². The second-order valence-electron chi connectivity index (χ2n) is 8.36. The fourth-order valence-electron chi connectivity index (χ4n) is 4.02. The molecular formula is C25H26F2N6. The van der Waals surface area contributed by atoms with Gasteiger partial charge < -0.3 is 4.90 Å². The third-order valence-corrected chi connectivity index (χ3v) is 5.74. The number of hydrogen-bond donors (Lipinski definition) is 0. The van der Waals surface area contributed by atoms with Gasteiger partial charge in [-0.15, -0.1) is 0 Å². The molecule has 0 radical (unpaired) electrons. The van der Waals surface area contributed by atoms with Gasteiger partial charge in [0.25, 0.3) is 0 Å². The van der Waals surface area contributed by atoms with E-state index in [0.29, 0.717) is 18.3 Å². The number of rotatable bonds is 5. The van der Waals surface area contributed by atoms with Crippen LogP contribution in [0, 0.1) is 17.6 Å². The van der Waals surface area contributed by atoms with Crippen molar-refractivity contribution in [3.8, 4) is 0 Å². The lowest BCUT2D eigenvalue weighted by Crippen LogP contribution is -2.33. The maximum atomic E-state index is 14.1. The molecule has 4 rings (SSSR count). The lowest BCUT2D eigenvalue weighted by Gasteiger charge is -2.34. The first-order valence-electron chi connectivity index (χ1n) is 10.9. The molecule has 0 aliphatic carbocycles. The van der Waals surface area contributed by atoms with E-state index in [0.717, 1.165) is 29.9 Å². The minimum Gasteiger partial charge on any atom is -0.359 e. The zero-order chi connectivity index (χ0) is 23.5. The predicted octanol–water partition coefficient (Wildman–Crippen LogP) is 4.94. The summed E-state index contributed by atoms with van der Waals surface area (Å²) < 4.78 is 28.1. The molecule has 0 fully saturated rings. The van der Waals surface area contributed by atoms with Gasteiger partial charge in [-0.1, -0.05) is 31.2 Å². The summed E-state index contributed by atoms with van der Waals surface area (Å²) in [6.45, 7) is 7.47. The van der Waals surface area contributed by atoms with Crippen LogP contribution in [-0.2, 0) is 0 Å². The van der Waals surface area contributed by atoms with Gasteiger partial charge in [0.1, 0.15) is 17.3 Å². The van der Waals surface area contributed by atoms with E-state index < -0.39 is 11.6 Å². The Kier molecular flexibility index (Phi) is 6.47. The van der Waals surface area contributed by atoms with Crippen molar-refractivity contribution in [3.63, 3.8) is 0 Å². The summed E-state index contributed by atoms with van der Waals surface area (Å²) in [7, 11) is 1.86. The van der Waals surface area contributed by atoms with Crippen molar-refractivity contribution >= 4 is 23.3 Å². The van der Waals surface area contributed by atoms with Crippen LogP contribution in [0.15, 0.2) is 63.9 Å². The standard InChI is InChI=1S/C25H26F2N6/c1-16(2)19-9-11-33(18-8-10-32(4)30-12-18)15-20(19)23-13-29-24(14-28-23)31-17(3)25-21(26)6-5-7-22(25)27/h5-7,10,12-14,16H,9,11,15H2,1-4H3. The van der Waals surface area contributed by atoms with Crippen LogP contribution in [0.25, 0.3) is 5.57 Å². The van der Waals surface area contributed by atoms with Crippen LogP contribution in [0.1, 0.15) is 38.4 Å². The van der Waals surface area contributed by atoms with Crippen molar-refractivity contribution in [2.24, 2.45) is 16.0 Å². The first-order chi connectivity index (χ1) is 15.8. The van der Waals surface area contributed by atoms with Crippen molar-refractivity contribution in [1.29, 1.82) is 0 Å². The van der Waals surface area contributed by atoms with Crippen LogP contribution in [0.3, 0.4) is 0 Å². The Morgan fingerprint density at radius 1 is 1.15 bits per heavy atom. The van der Waals surface area contributed by atoms with E-state index in [1.54, 1.807) is 18.1 Å². The summed E-state index contributed by atoms with van der Waals surface area (Å²) in [6.07, 6.45) is 7.75. The lowest BCUT2D eigenvalue weighted by atomic mass is 9.89. The fraction of sp³-hybridized carbons (Fsp3) is 0.320. The molecule has 2 aliphatic heterocycles. The number of benzene rings is 1. The maximum absolute atomic E-state index is 14.1. The van der Waals surface area contributed by atoms with Crippen molar-refractivity contribution in [2.75, 3.05) is 20.1 Å². The molecule has 0 amide bonds. The molecule has 0 atom stereocenters. The Balaban J connectivity index is 1.62. The van der Waals surface area contributed by atoms with E-state index in [1.807, 2.05) is 19.5 Å². The summed E-state index contributed by atoms with van der Waals surface area (Å²) in [6, 6.07) is 3.74. The molecule has 0 N–H and O–H groups in total. The molecule has 0 bridgehead atoms. The topological polar surface area (TPSA) is 57.0 Å². The molecule has 0 saturated carbocycles. The monoisotopic (exact) mass is 448 g/mol. The Morgan fingerprint density at radius 3 is 2.52 bits per heavy atom. The quantitative estimate of drug-likeness (QED) is 0.480. The SMILES string of the molecule is CC(=Nc1cnc(C2=C(C(C)C)CCN(C3=C=CN(C)N=C3)C2)cn1)c1c(F)cccc1F. The van der Waals surface area contributed by atoms with Gasteiger partial charge in [-0.25, -0.2) is 18.8 Å². The first-order valence-corrected chi connectivity index (χ1v) is 10.9. The number of hydrazone groups is 1. The Bertz CT molecular complexity index is 1180. The Labute approximate surface area is 192 Å². The molecule has 0 saturated heterocycles. The van der Waals surface area contributed by atoms with Crippen LogP contribution >= 0.6 is 0 Å². The normalized spacial score (nSPS) is 16.7. The molecule has 2 aliphatic rings. The van der Waals surface area contributed by atoms with Crippen LogP contribution in [0.4, 0.5) is 14.6 Å². The highest BCUT2D eigenvalue weighted by Crippen LogP contribution is 2.32. The maximum Gasteiger partial charge on any atom is 0.170 e. The van der Waals surface area contributed by atoms with E-state index in [2.05, 4.69) is 44.5 Å². The average Bonchev–Trinajstić information content (AvgIpc) is 2.79. The number of halogens is 2. The van der Waals surface area contributed by atoms with Crippen molar-refractivity contribution in [1.82, 2.24) is 19.9 Å². The zero-order valence-electron chi connectivity index (χ0n) is 19.2. The first kappa shape index (κ1) is 22.6. The molecule has 3 heterocycles. The van der Waals surface area contributed by atoms with E-state index in [-0.39, 0.29) is 11.3 Å². The van der Waals surface area contributed by atoms with Gasteiger partial charge in [0, 0.05) is 20.1 Å². The number of nitrogens with zero attached hydrogens (tertiary/aromatic N) is 6. The van der Waals surface area contributed by atoms with Gasteiger partial charge in [-0.3, -0.25) is 9.99 Å². The molecule has 8 heteroatoms. The Morgan fingerprint density at radius 2 is 1.91 bits per heavy atom. The minimum atomic E-state index is -0.657. The molecule has 2 aromatic rings. The van der Waals surface area contributed by atoms with Crippen LogP contribution in [-0.4, -0.2) is 51.9 Å². The molecule has 33 heavy (non-hydrogen) atoms.